The van der Waals surface area contributed by atoms with Crippen molar-refractivity contribution in [3.8, 4) is 22.6 Å². The van der Waals surface area contributed by atoms with Crippen LogP contribution in [0.4, 0.5) is 4.39 Å². The number of sulfone groups is 1. The van der Waals surface area contributed by atoms with Gasteiger partial charge in [-0.1, -0.05) is 24.3 Å². The third kappa shape index (κ3) is 4.79. The Morgan fingerprint density at radius 3 is 2.51 bits per heavy atom. The summed E-state index contributed by atoms with van der Waals surface area (Å²) in [4.78, 5) is 17.9. The zero-order chi connectivity index (χ0) is 25.3. The predicted octanol–water partition coefficient (Wildman–Crippen LogP) is 3.58. The van der Waals surface area contributed by atoms with E-state index >= 15 is 0 Å². The van der Waals surface area contributed by atoms with Crippen molar-refractivity contribution in [3.05, 3.63) is 76.6 Å². The molecule has 4 rings (SSSR count). The van der Waals surface area contributed by atoms with E-state index in [4.69, 9.17) is 9.47 Å². The highest BCUT2D eigenvalue weighted by atomic mass is 32.2. The van der Waals surface area contributed by atoms with E-state index in [1.54, 1.807) is 49.5 Å². The minimum atomic E-state index is -3.51. The van der Waals surface area contributed by atoms with Crippen molar-refractivity contribution in [3.63, 3.8) is 0 Å². The SMILES string of the molecule is CCOc1cc([C@@H](CS(C)(=O)=O)n2c(=O)n(C)c3cc(-c4ccccc4F)cnc32)ccc1OC. The molecule has 4 aromatic rings. The molecule has 0 aliphatic carbocycles. The Bertz CT molecular complexity index is 1560. The van der Waals surface area contributed by atoms with Crippen LogP contribution in [0.2, 0.25) is 0 Å². The minimum absolute atomic E-state index is 0.292. The van der Waals surface area contributed by atoms with Crippen molar-refractivity contribution in [1.82, 2.24) is 14.1 Å². The van der Waals surface area contributed by atoms with Crippen molar-refractivity contribution in [2.75, 3.05) is 25.7 Å². The lowest BCUT2D eigenvalue weighted by atomic mass is 10.1. The lowest BCUT2D eigenvalue weighted by molar-refractivity contribution is 0.310. The first-order valence-electron chi connectivity index (χ1n) is 10.9. The van der Waals surface area contributed by atoms with Crippen LogP contribution in [0.5, 0.6) is 11.5 Å². The van der Waals surface area contributed by atoms with Crippen molar-refractivity contribution in [2.24, 2.45) is 7.05 Å². The second kappa shape index (κ2) is 9.53. The number of benzene rings is 2. The van der Waals surface area contributed by atoms with E-state index < -0.39 is 27.4 Å². The first-order chi connectivity index (χ1) is 16.6. The Hall–Kier alpha value is -3.66. The van der Waals surface area contributed by atoms with Crippen LogP contribution in [0.3, 0.4) is 0 Å². The number of imidazole rings is 1. The molecule has 0 unspecified atom stereocenters. The topological polar surface area (TPSA) is 92.4 Å². The average molecular weight is 500 g/mol. The van der Waals surface area contributed by atoms with Gasteiger partial charge in [0.1, 0.15) is 15.7 Å². The maximum Gasteiger partial charge on any atom is 0.330 e. The van der Waals surface area contributed by atoms with Gasteiger partial charge in [0.05, 0.1) is 31.0 Å². The van der Waals surface area contributed by atoms with Gasteiger partial charge in [0.25, 0.3) is 0 Å². The number of fused-ring (bicyclic) bond motifs is 1. The van der Waals surface area contributed by atoms with Crippen LogP contribution in [-0.2, 0) is 16.9 Å². The molecule has 0 radical (unpaired) electrons. The zero-order valence-corrected chi connectivity index (χ0v) is 20.7. The first kappa shape index (κ1) is 24.5. The fourth-order valence-electron chi connectivity index (χ4n) is 4.13. The number of aryl methyl sites for hydroxylation is 1. The largest absolute Gasteiger partial charge is 0.493 e. The van der Waals surface area contributed by atoms with Crippen LogP contribution in [0, 0.1) is 5.82 Å². The maximum atomic E-state index is 14.4. The van der Waals surface area contributed by atoms with Gasteiger partial charge >= 0.3 is 5.69 Å². The van der Waals surface area contributed by atoms with Crippen molar-refractivity contribution >= 4 is 21.0 Å². The van der Waals surface area contributed by atoms with Crippen LogP contribution >= 0.6 is 0 Å². The molecule has 0 spiro atoms. The molecular weight excluding hydrogens is 473 g/mol. The molecule has 0 N–H and O–H groups in total. The number of nitrogens with zero attached hydrogens (tertiary/aromatic N) is 3. The number of aromatic nitrogens is 3. The molecule has 0 fully saturated rings. The highest BCUT2D eigenvalue weighted by Crippen LogP contribution is 2.33. The van der Waals surface area contributed by atoms with E-state index in [2.05, 4.69) is 4.98 Å². The van der Waals surface area contributed by atoms with Crippen LogP contribution in [0.1, 0.15) is 18.5 Å². The van der Waals surface area contributed by atoms with Gasteiger partial charge in [0, 0.05) is 30.6 Å². The Kier molecular flexibility index (Phi) is 6.66. The molecule has 10 heteroatoms. The number of pyridine rings is 1. The fraction of sp³-hybridized carbons (Fsp3) is 0.280. The Morgan fingerprint density at radius 2 is 1.86 bits per heavy atom. The van der Waals surface area contributed by atoms with Crippen LogP contribution in [0.25, 0.3) is 22.3 Å². The van der Waals surface area contributed by atoms with Crippen LogP contribution in [-0.4, -0.2) is 48.3 Å². The summed E-state index contributed by atoms with van der Waals surface area (Å²) in [5.41, 5.74) is 1.71. The van der Waals surface area contributed by atoms with Crippen molar-refractivity contribution in [1.29, 1.82) is 0 Å². The van der Waals surface area contributed by atoms with E-state index in [9.17, 15) is 17.6 Å². The Balaban J connectivity index is 1.94. The number of ether oxygens (including phenoxy) is 2. The summed E-state index contributed by atoms with van der Waals surface area (Å²) >= 11 is 0. The standard InChI is InChI=1S/C25H26FN3O5S/c1-5-34-23-13-16(10-11-22(23)33-3)21(15-35(4,31)32)29-24-20(28(2)25(29)30)12-17(14-27-24)18-8-6-7-9-19(18)26/h6-14,21H,5,15H2,1-4H3/t21-/m1/s1. The normalized spacial score (nSPS) is 12.6. The summed E-state index contributed by atoms with van der Waals surface area (Å²) in [7, 11) is -0.426. The number of hydrogen-bond donors (Lipinski definition) is 0. The maximum absolute atomic E-state index is 14.4. The van der Waals surface area contributed by atoms with Gasteiger partial charge in [-0.05, 0) is 36.8 Å². The van der Waals surface area contributed by atoms with E-state index in [-0.39, 0.29) is 5.75 Å². The number of hydrogen-bond acceptors (Lipinski definition) is 6. The van der Waals surface area contributed by atoms with E-state index in [0.29, 0.717) is 46.0 Å². The molecule has 0 saturated heterocycles. The second-order valence-electron chi connectivity index (χ2n) is 8.21. The Labute approximate surface area is 202 Å². The van der Waals surface area contributed by atoms with Gasteiger partial charge in [-0.25, -0.2) is 22.6 Å². The Morgan fingerprint density at radius 1 is 1.11 bits per heavy atom. The number of rotatable bonds is 8. The van der Waals surface area contributed by atoms with Crippen LogP contribution in [0.15, 0.2) is 59.5 Å². The summed E-state index contributed by atoms with van der Waals surface area (Å²) in [5, 5.41) is 0. The average Bonchev–Trinajstić information content (AvgIpc) is 3.07. The number of halogens is 1. The lowest BCUT2D eigenvalue weighted by Crippen LogP contribution is -2.31. The second-order valence-corrected chi connectivity index (χ2v) is 10.4. The van der Waals surface area contributed by atoms with Gasteiger partial charge in [0.15, 0.2) is 17.1 Å². The minimum Gasteiger partial charge on any atom is -0.493 e. The molecule has 8 nitrogen and oxygen atoms in total. The monoisotopic (exact) mass is 499 g/mol. The quantitative estimate of drug-likeness (QED) is 0.368. The zero-order valence-electron chi connectivity index (χ0n) is 19.9. The molecule has 184 valence electrons. The van der Waals surface area contributed by atoms with Gasteiger partial charge < -0.3 is 9.47 Å². The molecular formula is C25H26FN3O5S. The summed E-state index contributed by atoms with van der Waals surface area (Å²) in [6.07, 6.45) is 2.60. The smallest absolute Gasteiger partial charge is 0.330 e. The molecule has 0 aliphatic heterocycles. The van der Waals surface area contributed by atoms with Gasteiger partial charge in [-0.3, -0.25) is 9.13 Å². The van der Waals surface area contributed by atoms with Gasteiger partial charge in [-0.2, -0.15) is 0 Å². The van der Waals surface area contributed by atoms with Gasteiger partial charge in [0.2, 0.25) is 0 Å². The first-order valence-corrected chi connectivity index (χ1v) is 13.0. The van der Waals surface area contributed by atoms with Crippen molar-refractivity contribution < 1.29 is 22.3 Å². The molecule has 35 heavy (non-hydrogen) atoms. The molecule has 0 aliphatic rings. The summed E-state index contributed by atoms with van der Waals surface area (Å²) in [5.74, 6) is 0.191. The summed E-state index contributed by atoms with van der Waals surface area (Å²) in [6, 6.07) is 12.2. The molecule has 2 aromatic heterocycles. The molecule has 2 heterocycles. The summed E-state index contributed by atoms with van der Waals surface area (Å²) < 4.78 is 52.9. The summed E-state index contributed by atoms with van der Waals surface area (Å²) in [6.45, 7) is 2.21. The van der Waals surface area contributed by atoms with Gasteiger partial charge in [-0.15, -0.1) is 0 Å². The molecule has 0 bridgehead atoms. The third-order valence-corrected chi connectivity index (χ3v) is 6.68. The van der Waals surface area contributed by atoms with Crippen LogP contribution < -0.4 is 15.2 Å². The van der Waals surface area contributed by atoms with E-state index in [0.717, 1.165) is 6.26 Å². The van der Waals surface area contributed by atoms with E-state index in [1.807, 2.05) is 6.92 Å². The predicted molar refractivity (Wildman–Crippen MR) is 132 cm³/mol. The highest BCUT2D eigenvalue weighted by Gasteiger charge is 2.27. The molecule has 1 atom stereocenters. The molecule has 2 aromatic carbocycles. The van der Waals surface area contributed by atoms with E-state index in [1.165, 1.54) is 28.5 Å². The highest BCUT2D eigenvalue weighted by molar-refractivity contribution is 7.90. The lowest BCUT2D eigenvalue weighted by Gasteiger charge is -2.20. The third-order valence-electron chi connectivity index (χ3n) is 5.76. The fourth-order valence-corrected chi connectivity index (χ4v) is 5.05. The number of methoxy groups -OCH3 is 1. The molecule has 0 saturated carbocycles. The molecule has 0 amide bonds. The van der Waals surface area contributed by atoms with Crippen molar-refractivity contribution in [2.45, 2.75) is 13.0 Å².